The number of hydrogen-bond donors (Lipinski definition) is 1. The first-order valence-electron chi connectivity index (χ1n) is 8.50. The quantitative estimate of drug-likeness (QED) is 0.711. The van der Waals surface area contributed by atoms with E-state index >= 15 is 0 Å². The third-order valence-electron chi connectivity index (χ3n) is 4.46. The van der Waals surface area contributed by atoms with E-state index in [0.717, 1.165) is 46.6 Å². The maximum atomic E-state index is 10.8. The highest BCUT2D eigenvalue weighted by Crippen LogP contribution is 2.25. The number of aromatic nitrogens is 2. The van der Waals surface area contributed by atoms with Crippen molar-refractivity contribution < 1.29 is 13.2 Å². The Bertz CT molecular complexity index is 989. The van der Waals surface area contributed by atoms with E-state index in [0.29, 0.717) is 13.2 Å². The fourth-order valence-corrected chi connectivity index (χ4v) is 3.59. The highest BCUT2D eigenvalue weighted by Gasteiger charge is 2.13. The minimum Gasteiger partial charge on any atom is -0.378 e. The summed E-state index contributed by atoms with van der Waals surface area (Å²) in [5.74, 6) is 0.939. The first-order valence-corrected chi connectivity index (χ1v) is 9.86. The van der Waals surface area contributed by atoms with Gasteiger partial charge in [0.1, 0.15) is 16.5 Å². The zero-order valence-corrected chi connectivity index (χ0v) is 15.1. The topological polar surface area (TPSA) is 72.4 Å². The molecule has 0 spiro atoms. The molecule has 0 radical (unpaired) electrons. The number of benzene rings is 2. The maximum absolute atomic E-state index is 10.8. The van der Waals surface area contributed by atoms with Crippen LogP contribution in [0.15, 0.2) is 48.7 Å². The van der Waals surface area contributed by atoms with Gasteiger partial charge in [0.25, 0.3) is 0 Å². The Labute approximate surface area is 153 Å². The van der Waals surface area contributed by atoms with Crippen molar-refractivity contribution in [3.63, 3.8) is 0 Å². The van der Waals surface area contributed by atoms with Crippen LogP contribution in [-0.2, 0) is 21.2 Å². The predicted molar refractivity (Wildman–Crippen MR) is 102 cm³/mol. The highest BCUT2D eigenvalue weighted by atomic mass is 32.2. The molecule has 1 aliphatic heterocycles. The second-order valence-corrected chi connectivity index (χ2v) is 7.20. The van der Waals surface area contributed by atoms with Crippen molar-refractivity contribution in [3.8, 4) is 11.1 Å². The number of ether oxygens (including phenoxy) is 1. The Kier molecular flexibility index (Phi) is 4.81. The van der Waals surface area contributed by atoms with Crippen LogP contribution in [0, 0.1) is 0 Å². The molecule has 0 amide bonds. The second kappa shape index (κ2) is 7.39. The van der Waals surface area contributed by atoms with Gasteiger partial charge in [-0.25, -0.2) is 13.4 Å². The zero-order valence-electron chi connectivity index (χ0n) is 14.2. The van der Waals surface area contributed by atoms with Gasteiger partial charge in [0.05, 0.1) is 36.2 Å². The lowest BCUT2D eigenvalue weighted by molar-refractivity contribution is 0.122. The molecule has 4 rings (SSSR count). The molecule has 0 aliphatic carbocycles. The molecule has 1 fully saturated rings. The molecule has 3 aromatic rings. The first kappa shape index (κ1) is 16.9. The van der Waals surface area contributed by atoms with Gasteiger partial charge >= 0.3 is 0 Å². The van der Waals surface area contributed by atoms with Gasteiger partial charge in [-0.1, -0.05) is 30.3 Å². The number of thiol groups is 1. The van der Waals surface area contributed by atoms with Gasteiger partial charge in [-0.2, -0.15) is 0 Å². The molecule has 1 saturated heterocycles. The Hall–Kier alpha value is -2.51. The predicted octanol–water partition coefficient (Wildman–Crippen LogP) is 2.24. The monoisotopic (exact) mass is 369 g/mol. The fourth-order valence-electron chi connectivity index (χ4n) is 3.08. The van der Waals surface area contributed by atoms with E-state index in [9.17, 15) is 8.42 Å². The van der Waals surface area contributed by atoms with Crippen LogP contribution in [0.25, 0.3) is 22.2 Å². The smallest absolute Gasteiger partial charge is 0.148 e. The van der Waals surface area contributed by atoms with Crippen molar-refractivity contribution in [2.45, 2.75) is 5.75 Å². The highest BCUT2D eigenvalue weighted by molar-refractivity contribution is 7.71. The van der Waals surface area contributed by atoms with E-state index in [2.05, 4.69) is 9.88 Å². The lowest BCUT2D eigenvalue weighted by Gasteiger charge is -2.27. The molecule has 1 aliphatic rings. The molecule has 0 bridgehead atoms. The van der Waals surface area contributed by atoms with Gasteiger partial charge in [0.2, 0.25) is 0 Å². The second-order valence-electron chi connectivity index (χ2n) is 6.22. The van der Waals surface area contributed by atoms with Crippen LogP contribution in [0.4, 0.5) is 5.82 Å². The summed E-state index contributed by atoms with van der Waals surface area (Å²) >= 11 is 0. The van der Waals surface area contributed by atoms with Gasteiger partial charge in [0, 0.05) is 13.1 Å². The van der Waals surface area contributed by atoms with Crippen LogP contribution in [0.1, 0.15) is 5.56 Å². The fraction of sp³-hybridized carbons (Fsp3) is 0.263. The summed E-state index contributed by atoms with van der Waals surface area (Å²) in [5.41, 5.74) is 4.54. The Morgan fingerprint density at radius 1 is 0.962 bits per heavy atom. The SMILES string of the molecule is O=[SH](=O)Cc1ccc(-c2ccc3ncc(N4CCOCC4)nc3c2)cc1. The van der Waals surface area contributed by atoms with Crippen molar-refractivity contribution in [2.24, 2.45) is 0 Å². The third-order valence-corrected chi connectivity index (χ3v) is 5.09. The van der Waals surface area contributed by atoms with Gasteiger partial charge in [-0.05, 0) is 28.8 Å². The molecule has 0 unspecified atom stereocenters. The van der Waals surface area contributed by atoms with Gasteiger partial charge in [0.15, 0.2) is 0 Å². The molecule has 1 aromatic heterocycles. The van der Waals surface area contributed by atoms with E-state index < -0.39 is 10.7 Å². The van der Waals surface area contributed by atoms with Crippen molar-refractivity contribution in [3.05, 3.63) is 54.2 Å². The summed E-state index contributed by atoms with van der Waals surface area (Å²) in [5, 5.41) is 0. The Morgan fingerprint density at radius 2 is 1.69 bits per heavy atom. The largest absolute Gasteiger partial charge is 0.378 e. The Morgan fingerprint density at radius 3 is 2.42 bits per heavy atom. The van der Waals surface area contributed by atoms with Crippen LogP contribution < -0.4 is 4.90 Å². The van der Waals surface area contributed by atoms with Crippen molar-refractivity contribution in [1.82, 2.24) is 9.97 Å². The average molecular weight is 369 g/mol. The number of rotatable bonds is 4. The third kappa shape index (κ3) is 3.68. The van der Waals surface area contributed by atoms with Crippen molar-refractivity contribution >= 4 is 27.6 Å². The van der Waals surface area contributed by atoms with E-state index in [1.165, 1.54) is 0 Å². The number of hydrogen-bond acceptors (Lipinski definition) is 6. The van der Waals surface area contributed by atoms with Crippen molar-refractivity contribution in [2.75, 3.05) is 31.2 Å². The molecule has 0 saturated carbocycles. The lowest BCUT2D eigenvalue weighted by atomic mass is 10.0. The van der Waals surface area contributed by atoms with Crippen LogP contribution in [-0.4, -0.2) is 44.7 Å². The van der Waals surface area contributed by atoms with Crippen LogP contribution >= 0.6 is 0 Å². The molecule has 26 heavy (non-hydrogen) atoms. The molecule has 134 valence electrons. The summed E-state index contributed by atoms with van der Waals surface area (Å²) in [6, 6.07) is 13.6. The minimum atomic E-state index is -2.41. The number of anilines is 1. The average Bonchev–Trinajstić information content (AvgIpc) is 2.68. The number of fused-ring (bicyclic) bond motifs is 1. The lowest BCUT2D eigenvalue weighted by Crippen LogP contribution is -2.36. The maximum Gasteiger partial charge on any atom is 0.148 e. The molecular weight excluding hydrogens is 350 g/mol. The van der Waals surface area contributed by atoms with Gasteiger partial charge in [-0.15, -0.1) is 0 Å². The van der Waals surface area contributed by atoms with Crippen LogP contribution in [0.2, 0.25) is 0 Å². The number of nitrogens with zero attached hydrogens (tertiary/aromatic N) is 3. The molecule has 0 atom stereocenters. The van der Waals surface area contributed by atoms with E-state index in [4.69, 9.17) is 9.72 Å². The minimum absolute atomic E-state index is 0.0711. The molecular formula is C19H19N3O3S. The van der Waals surface area contributed by atoms with E-state index in [-0.39, 0.29) is 5.75 Å². The molecule has 7 heteroatoms. The molecule has 2 aromatic carbocycles. The number of morpholine rings is 1. The van der Waals surface area contributed by atoms with Crippen LogP contribution in [0.5, 0.6) is 0 Å². The normalized spacial score (nSPS) is 14.9. The summed E-state index contributed by atoms with van der Waals surface area (Å²) in [6.07, 6.45) is 1.81. The standard InChI is InChI=1S/C19H19N3O3S/c23-26(24)13-14-1-3-15(4-2-14)16-5-6-17-18(11-16)21-19(12-20-17)22-7-9-25-10-8-22/h1-6,11-12,26H,7-10,13H2. The van der Waals surface area contributed by atoms with Crippen LogP contribution in [0.3, 0.4) is 0 Å². The van der Waals surface area contributed by atoms with E-state index in [1.54, 1.807) is 0 Å². The van der Waals surface area contributed by atoms with Gasteiger partial charge < -0.3 is 9.64 Å². The molecule has 0 N–H and O–H groups in total. The van der Waals surface area contributed by atoms with Crippen molar-refractivity contribution in [1.29, 1.82) is 0 Å². The van der Waals surface area contributed by atoms with E-state index in [1.807, 2.05) is 48.7 Å². The molecule has 6 nitrogen and oxygen atoms in total. The zero-order chi connectivity index (χ0) is 17.9. The van der Waals surface area contributed by atoms with Gasteiger partial charge in [-0.3, -0.25) is 4.98 Å². The summed E-state index contributed by atoms with van der Waals surface area (Å²) in [6.45, 7) is 3.06. The Balaban J connectivity index is 1.65. The summed E-state index contributed by atoms with van der Waals surface area (Å²) < 4.78 is 27.1. The first-order chi connectivity index (χ1) is 12.7. The summed E-state index contributed by atoms with van der Waals surface area (Å²) in [7, 11) is -2.41. The molecule has 2 heterocycles. The summed E-state index contributed by atoms with van der Waals surface area (Å²) in [4.78, 5) is 11.5.